The van der Waals surface area contributed by atoms with Gasteiger partial charge in [0.15, 0.2) is 0 Å². The summed E-state index contributed by atoms with van der Waals surface area (Å²) in [5.74, 6) is 0.864. The van der Waals surface area contributed by atoms with Gasteiger partial charge in [-0.1, -0.05) is 13.8 Å². The van der Waals surface area contributed by atoms with Crippen LogP contribution in [0.1, 0.15) is 25.8 Å². The van der Waals surface area contributed by atoms with Crippen LogP contribution in [0.4, 0.5) is 5.95 Å². The Morgan fingerprint density at radius 1 is 1.13 bits per heavy atom. The maximum Gasteiger partial charge on any atom is 0.225 e. The Kier molecular flexibility index (Phi) is 4.85. The lowest BCUT2D eigenvalue weighted by Gasteiger charge is -2.42. The summed E-state index contributed by atoms with van der Waals surface area (Å²) in [6.45, 7) is 11.7. The summed E-state index contributed by atoms with van der Waals surface area (Å²) in [7, 11) is 2.16. The minimum Gasteiger partial charge on any atom is -0.338 e. The summed E-state index contributed by atoms with van der Waals surface area (Å²) < 4.78 is 0. The predicted molar refractivity (Wildman–Crippen MR) is 93.4 cm³/mol. The van der Waals surface area contributed by atoms with Crippen molar-refractivity contribution in [3.05, 3.63) is 18.0 Å². The van der Waals surface area contributed by atoms with E-state index in [2.05, 4.69) is 45.6 Å². The third kappa shape index (κ3) is 4.00. The molecule has 0 saturated carbocycles. The number of piperidine rings is 1. The van der Waals surface area contributed by atoms with Crippen LogP contribution in [0, 0.1) is 5.41 Å². The van der Waals surface area contributed by atoms with Crippen molar-refractivity contribution in [1.29, 1.82) is 0 Å². The quantitative estimate of drug-likeness (QED) is 0.889. The number of aromatic nitrogens is 2. The SMILES string of the molecule is CN1CCN(c2ncc(CN3CCC(N)C(C)(C)C3)cn2)CC1. The Hall–Kier alpha value is -1.24. The number of rotatable bonds is 3. The summed E-state index contributed by atoms with van der Waals surface area (Å²) in [6.07, 6.45) is 5.04. The monoisotopic (exact) mass is 318 g/mol. The summed E-state index contributed by atoms with van der Waals surface area (Å²) >= 11 is 0. The van der Waals surface area contributed by atoms with Crippen LogP contribution >= 0.6 is 0 Å². The lowest BCUT2D eigenvalue weighted by molar-refractivity contribution is 0.0897. The first-order chi connectivity index (χ1) is 10.9. The van der Waals surface area contributed by atoms with E-state index in [0.717, 1.165) is 58.2 Å². The molecule has 6 heteroatoms. The second-order valence-corrected chi connectivity index (χ2v) is 7.78. The van der Waals surface area contributed by atoms with Crippen LogP contribution in [0.2, 0.25) is 0 Å². The molecule has 3 rings (SSSR count). The van der Waals surface area contributed by atoms with Crippen molar-refractivity contribution in [3.63, 3.8) is 0 Å². The Morgan fingerprint density at radius 2 is 1.78 bits per heavy atom. The first kappa shape index (κ1) is 16.6. The van der Waals surface area contributed by atoms with Crippen LogP contribution in [0.15, 0.2) is 12.4 Å². The molecule has 23 heavy (non-hydrogen) atoms. The summed E-state index contributed by atoms with van der Waals surface area (Å²) in [5.41, 5.74) is 7.59. The highest BCUT2D eigenvalue weighted by Crippen LogP contribution is 2.28. The zero-order valence-electron chi connectivity index (χ0n) is 14.7. The van der Waals surface area contributed by atoms with Gasteiger partial charge in [0.05, 0.1) is 0 Å². The highest BCUT2D eigenvalue weighted by atomic mass is 15.3. The number of hydrogen-bond donors (Lipinski definition) is 1. The van der Waals surface area contributed by atoms with Gasteiger partial charge in [0.1, 0.15) is 0 Å². The first-order valence-corrected chi connectivity index (χ1v) is 8.66. The Balaban J connectivity index is 1.57. The fourth-order valence-corrected chi connectivity index (χ4v) is 3.48. The Labute approximate surface area is 139 Å². The zero-order valence-corrected chi connectivity index (χ0v) is 14.7. The van der Waals surface area contributed by atoms with Crippen molar-refractivity contribution >= 4 is 5.95 Å². The fraction of sp³-hybridized carbons (Fsp3) is 0.765. The van der Waals surface area contributed by atoms with Crippen LogP contribution in [-0.2, 0) is 6.54 Å². The molecule has 1 atom stereocenters. The van der Waals surface area contributed by atoms with Crippen LogP contribution in [0.25, 0.3) is 0 Å². The minimum atomic E-state index is 0.179. The van der Waals surface area contributed by atoms with Gasteiger partial charge in [0.2, 0.25) is 5.95 Å². The average Bonchev–Trinajstić information content (AvgIpc) is 2.52. The number of hydrogen-bond acceptors (Lipinski definition) is 6. The molecule has 0 spiro atoms. The molecule has 0 aromatic carbocycles. The highest BCUT2D eigenvalue weighted by molar-refractivity contribution is 5.30. The van der Waals surface area contributed by atoms with Crippen molar-refractivity contribution in [1.82, 2.24) is 19.8 Å². The molecule has 3 heterocycles. The third-order valence-electron chi connectivity index (χ3n) is 5.28. The maximum atomic E-state index is 6.22. The van der Waals surface area contributed by atoms with Crippen molar-refractivity contribution in [2.75, 3.05) is 51.2 Å². The van der Waals surface area contributed by atoms with Gasteiger partial charge >= 0.3 is 0 Å². The normalized spacial score (nSPS) is 26.4. The van der Waals surface area contributed by atoms with Gasteiger partial charge in [-0.25, -0.2) is 9.97 Å². The second kappa shape index (κ2) is 6.71. The molecule has 0 bridgehead atoms. The smallest absolute Gasteiger partial charge is 0.225 e. The molecule has 0 radical (unpaired) electrons. The fourth-order valence-electron chi connectivity index (χ4n) is 3.48. The average molecular weight is 318 g/mol. The van der Waals surface area contributed by atoms with E-state index in [1.54, 1.807) is 0 Å². The van der Waals surface area contributed by atoms with Gasteiger partial charge < -0.3 is 15.5 Å². The van der Waals surface area contributed by atoms with Gasteiger partial charge in [0.25, 0.3) is 0 Å². The summed E-state index contributed by atoms with van der Waals surface area (Å²) in [5, 5.41) is 0. The van der Waals surface area contributed by atoms with Crippen molar-refractivity contribution < 1.29 is 0 Å². The van der Waals surface area contributed by atoms with Gasteiger partial charge in [-0.15, -0.1) is 0 Å². The van der Waals surface area contributed by atoms with E-state index >= 15 is 0 Å². The lowest BCUT2D eigenvalue weighted by atomic mass is 9.79. The second-order valence-electron chi connectivity index (χ2n) is 7.78. The molecule has 2 aliphatic rings. The van der Waals surface area contributed by atoms with E-state index in [4.69, 9.17) is 5.73 Å². The molecule has 6 nitrogen and oxygen atoms in total. The standard InChI is InChI=1S/C17H30N6/c1-17(2)13-22(5-4-15(17)18)12-14-10-19-16(20-11-14)23-8-6-21(3)7-9-23/h10-11,15H,4-9,12-13,18H2,1-3H3. The van der Waals surface area contributed by atoms with E-state index in [1.165, 1.54) is 5.56 Å². The molecule has 0 aliphatic carbocycles. The molecular weight excluding hydrogens is 288 g/mol. The molecule has 2 N–H and O–H groups in total. The summed E-state index contributed by atoms with van der Waals surface area (Å²) in [6, 6.07) is 0.301. The van der Waals surface area contributed by atoms with Crippen molar-refractivity contribution in [2.45, 2.75) is 32.9 Å². The predicted octanol–water partition coefficient (Wildman–Crippen LogP) is 0.788. The van der Waals surface area contributed by atoms with Crippen LogP contribution < -0.4 is 10.6 Å². The van der Waals surface area contributed by atoms with Crippen LogP contribution in [0.5, 0.6) is 0 Å². The van der Waals surface area contributed by atoms with E-state index in [0.29, 0.717) is 6.04 Å². The lowest BCUT2D eigenvalue weighted by Crippen LogP contribution is -2.52. The molecule has 2 aliphatic heterocycles. The molecule has 1 aromatic rings. The molecular formula is C17H30N6. The maximum absolute atomic E-state index is 6.22. The molecule has 128 valence electrons. The van der Waals surface area contributed by atoms with Gasteiger partial charge in [-0.2, -0.15) is 0 Å². The highest BCUT2D eigenvalue weighted by Gasteiger charge is 2.33. The Morgan fingerprint density at radius 3 is 2.39 bits per heavy atom. The van der Waals surface area contributed by atoms with E-state index in [1.807, 2.05) is 12.4 Å². The third-order valence-corrected chi connectivity index (χ3v) is 5.28. The van der Waals surface area contributed by atoms with Crippen molar-refractivity contribution in [2.24, 2.45) is 11.1 Å². The minimum absolute atomic E-state index is 0.179. The van der Waals surface area contributed by atoms with Gasteiger partial charge in [-0.3, -0.25) is 4.90 Å². The number of anilines is 1. The Bertz CT molecular complexity index is 506. The number of piperazine rings is 1. The zero-order chi connectivity index (χ0) is 16.4. The van der Waals surface area contributed by atoms with Crippen molar-refractivity contribution in [3.8, 4) is 0 Å². The number of likely N-dealkylation sites (tertiary alicyclic amines) is 1. The molecule has 2 fully saturated rings. The van der Waals surface area contributed by atoms with Crippen LogP contribution in [0.3, 0.4) is 0 Å². The van der Waals surface area contributed by atoms with Gasteiger partial charge in [0, 0.05) is 69.8 Å². The van der Waals surface area contributed by atoms with Crippen LogP contribution in [-0.4, -0.2) is 72.1 Å². The topological polar surface area (TPSA) is 61.5 Å². The first-order valence-electron chi connectivity index (χ1n) is 8.66. The number of likely N-dealkylation sites (N-methyl/N-ethyl adjacent to an activating group) is 1. The van der Waals surface area contributed by atoms with E-state index < -0.39 is 0 Å². The molecule has 1 aromatic heterocycles. The van der Waals surface area contributed by atoms with E-state index in [-0.39, 0.29) is 5.41 Å². The number of nitrogens with two attached hydrogens (primary N) is 1. The molecule has 1 unspecified atom stereocenters. The molecule has 2 saturated heterocycles. The number of nitrogens with zero attached hydrogens (tertiary/aromatic N) is 5. The van der Waals surface area contributed by atoms with Gasteiger partial charge in [-0.05, 0) is 18.9 Å². The molecule has 0 amide bonds. The van der Waals surface area contributed by atoms with E-state index in [9.17, 15) is 0 Å². The summed E-state index contributed by atoms with van der Waals surface area (Å²) in [4.78, 5) is 16.3. The largest absolute Gasteiger partial charge is 0.338 e.